The Kier molecular flexibility index (Phi) is 3.75. The minimum atomic E-state index is -0.291. The lowest BCUT2D eigenvalue weighted by atomic mass is 10.0. The van der Waals surface area contributed by atoms with Crippen LogP contribution in [-0.2, 0) is 0 Å². The lowest BCUT2D eigenvalue weighted by molar-refractivity contribution is 1.13. The van der Waals surface area contributed by atoms with Gasteiger partial charge in [-0.3, -0.25) is 0 Å². The van der Waals surface area contributed by atoms with E-state index in [1.807, 2.05) is 36.4 Å². The lowest BCUT2D eigenvalue weighted by Crippen LogP contribution is -1.99. The molecule has 0 bridgehead atoms. The average Bonchev–Trinajstić information content (AvgIpc) is 2.77. The van der Waals surface area contributed by atoms with Crippen molar-refractivity contribution in [2.75, 3.05) is 0 Å². The zero-order valence-corrected chi connectivity index (χ0v) is 14.0. The zero-order chi connectivity index (χ0) is 14.3. The van der Waals surface area contributed by atoms with Crippen LogP contribution in [0.15, 0.2) is 50.1 Å². The molecule has 1 heterocycles. The maximum Gasteiger partial charge on any atom is 0.323 e. The molecule has 1 aromatic heterocycles. The van der Waals surface area contributed by atoms with Gasteiger partial charge < -0.3 is 9.97 Å². The van der Waals surface area contributed by atoms with Gasteiger partial charge in [-0.25, -0.2) is 4.79 Å². The molecule has 0 saturated heterocycles. The summed E-state index contributed by atoms with van der Waals surface area (Å²) >= 11 is 13.5. The topological polar surface area (TPSA) is 48.6 Å². The van der Waals surface area contributed by atoms with Crippen molar-refractivity contribution in [1.82, 2.24) is 9.97 Å². The van der Waals surface area contributed by atoms with Gasteiger partial charge in [-0.1, -0.05) is 44.0 Å². The number of H-pyrrole nitrogens is 2. The zero-order valence-electron chi connectivity index (χ0n) is 10.1. The molecule has 1 atom stereocenters. The van der Waals surface area contributed by atoms with Crippen LogP contribution in [0.4, 0.5) is 0 Å². The largest absolute Gasteiger partial charge is 0.323 e. The minimum Gasteiger partial charge on any atom is -0.306 e. The van der Waals surface area contributed by atoms with Crippen LogP contribution in [-0.4, -0.2) is 9.97 Å². The first kappa shape index (κ1) is 13.9. The molecule has 0 fully saturated rings. The standard InChI is InChI=1S/C14H9Br2ClN2O/c15-8-2-3-9(10(16)6-8)13(17)7-1-4-11-12(5-7)19-14(20)18-11/h1-6,13H,(H2,18,19,20). The highest BCUT2D eigenvalue weighted by Crippen LogP contribution is 2.35. The van der Waals surface area contributed by atoms with E-state index in [2.05, 4.69) is 41.8 Å². The van der Waals surface area contributed by atoms with Crippen molar-refractivity contribution in [3.63, 3.8) is 0 Å². The van der Waals surface area contributed by atoms with Gasteiger partial charge in [-0.2, -0.15) is 0 Å². The van der Waals surface area contributed by atoms with E-state index in [4.69, 9.17) is 11.6 Å². The first-order valence-corrected chi connectivity index (χ1v) is 7.88. The van der Waals surface area contributed by atoms with Gasteiger partial charge in [0.15, 0.2) is 0 Å². The number of aromatic nitrogens is 2. The Morgan fingerprint density at radius 2 is 1.75 bits per heavy atom. The normalized spacial score (nSPS) is 12.8. The first-order chi connectivity index (χ1) is 9.54. The van der Waals surface area contributed by atoms with Crippen LogP contribution in [0.25, 0.3) is 11.0 Å². The van der Waals surface area contributed by atoms with E-state index < -0.39 is 0 Å². The second kappa shape index (κ2) is 5.39. The van der Waals surface area contributed by atoms with Gasteiger partial charge in [0.2, 0.25) is 0 Å². The third kappa shape index (κ3) is 2.57. The van der Waals surface area contributed by atoms with Crippen molar-refractivity contribution >= 4 is 54.5 Å². The number of hydrogen-bond acceptors (Lipinski definition) is 1. The molecule has 0 saturated carbocycles. The summed E-state index contributed by atoms with van der Waals surface area (Å²) in [7, 11) is 0. The van der Waals surface area contributed by atoms with Crippen LogP contribution in [0.5, 0.6) is 0 Å². The van der Waals surface area contributed by atoms with Crippen LogP contribution in [0.1, 0.15) is 16.5 Å². The molecule has 1 unspecified atom stereocenters. The summed E-state index contributed by atoms with van der Waals surface area (Å²) < 4.78 is 1.93. The summed E-state index contributed by atoms with van der Waals surface area (Å²) in [6.45, 7) is 0. The van der Waals surface area contributed by atoms with Gasteiger partial charge in [-0.05, 0) is 35.4 Å². The van der Waals surface area contributed by atoms with Crippen LogP contribution in [0, 0.1) is 0 Å². The molecule has 0 radical (unpaired) electrons. The Bertz CT molecular complexity index is 841. The molecule has 20 heavy (non-hydrogen) atoms. The summed E-state index contributed by atoms with van der Waals surface area (Å²) in [6, 6.07) is 11.5. The SMILES string of the molecule is O=c1[nH]c2ccc(C(Cl)c3ccc(Br)cc3Br)cc2[nH]1. The van der Waals surface area contributed by atoms with Gasteiger partial charge in [0, 0.05) is 8.95 Å². The third-order valence-corrected chi connectivity index (χ3v) is 4.74. The van der Waals surface area contributed by atoms with Crippen molar-refractivity contribution in [3.05, 3.63) is 67.0 Å². The maximum absolute atomic E-state index is 11.3. The number of fused-ring (bicyclic) bond motifs is 1. The highest BCUT2D eigenvalue weighted by Gasteiger charge is 2.15. The summed E-state index contributed by atoms with van der Waals surface area (Å²) in [4.78, 5) is 16.7. The summed E-state index contributed by atoms with van der Waals surface area (Å²) in [5.41, 5.74) is 3.22. The molecule has 3 rings (SSSR count). The Hall–Kier alpha value is -1.04. The van der Waals surface area contributed by atoms with Gasteiger partial charge in [0.25, 0.3) is 0 Å². The molecular formula is C14H9Br2ClN2O. The Morgan fingerprint density at radius 1 is 1.00 bits per heavy atom. The highest BCUT2D eigenvalue weighted by molar-refractivity contribution is 9.11. The van der Waals surface area contributed by atoms with E-state index in [0.29, 0.717) is 0 Å². The quantitative estimate of drug-likeness (QED) is 0.584. The number of aromatic amines is 2. The van der Waals surface area contributed by atoms with Gasteiger partial charge in [0.1, 0.15) is 0 Å². The summed E-state index contributed by atoms with van der Waals surface area (Å²) in [5, 5.41) is -0.291. The van der Waals surface area contributed by atoms with Crippen molar-refractivity contribution in [3.8, 4) is 0 Å². The Balaban J connectivity index is 2.06. The van der Waals surface area contributed by atoms with Crippen LogP contribution in [0.3, 0.4) is 0 Å². The first-order valence-electron chi connectivity index (χ1n) is 5.85. The van der Waals surface area contributed by atoms with E-state index in [9.17, 15) is 4.79 Å². The predicted molar refractivity (Wildman–Crippen MR) is 88.5 cm³/mol. The molecule has 6 heteroatoms. The fourth-order valence-corrected chi connectivity index (χ4v) is 3.83. The Labute approximate surface area is 136 Å². The van der Waals surface area contributed by atoms with Crippen LogP contribution in [0.2, 0.25) is 0 Å². The van der Waals surface area contributed by atoms with Crippen molar-refractivity contribution in [1.29, 1.82) is 0 Å². The Morgan fingerprint density at radius 3 is 2.50 bits per heavy atom. The number of halogens is 3. The van der Waals surface area contributed by atoms with Crippen molar-refractivity contribution in [2.24, 2.45) is 0 Å². The van der Waals surface area contributed by atoms with E-state index in [0.717, 1.165) is 31.1 Å². The van der Waals surface area contributed by atoms with Gasteiger partial charge in [-0.15, -0.1) is 11.6 Å². The number of rotatable bonds is 2. The number of imidazole rings is 1. The van der Waals surface area contributed by atoms with Crippen molar-refractivity contribution in [2.45, 2.75) is 5.38 Å². The van der Waals surface area contributed by atoms with E-state index in [1.165, 1.54) is 0 Å². The molecule has 2 N–H and O–H groups in total. The second-order valence-corrected chi connectivity index (χ2v) is 6.62. The summed E-state index contributed by atoms with van der Waals surface area (Å²) in [6.07, 6.45) is 0. The fraction of sp³-hybridized carbons (Fsp3) is 0.0714. The minimum absolute atomic E-state index is 0.215. The summed E-state index contributed by atoms with van der Waals surface area (Å²) in [5.74, 6) is 0. The average molecular weight is 416 g/mol. The molecule has 3 nitrogen and oxygen atoms in total. The lowest BCUT2D eigenvalue weighted by Gasteiger charge is -2.12. The molecular weight excluding hydrogens is 407 g/mol. The van der Waals surface area contributed by atoms with Crippen LogP contribution >= 0.6 is 43.5 Å². The number of benzene rings is 2. The number of alkyl halides is 1. The molecule has 0 aliphatic heterocycles. The molecule has 0 aliphatic carbocycles. The third-order valence-electron chi connectivity index (χ3n) is 3.07. The monoisotopic (exact) mass is 414 g/mol. The highest BCUT2D eigenvalue weighted by atomic mass is 79.9. The smallest absolute Gasteiger partial charge is 0.306 e. The predicted octanol–water partition coefficient (Wildman–Crippen LogP) is 4.71. The van der Waals surface area contributed by atoms with E-state index in [1.54, 1.807) is 0 Å². The van der Waals surface area contributed by atoms with Gasteiger partial charge in [0.05, 0.1) is 16.4 Å². The van der Waals surface area contributed by atoms with Crippen LogP contribution < -0.4 is 5.69 Å². The molecule has 0 amide bonds. The van der Waals surface area contributed by atoms with E-state index in [-0.39, 0.29) is 11.1 Å². The molecule has 3 aromatic rings. The number of hydrogen-bond donors (Lipinski definition) is 2. The van der Waals surface area contributed by atoms with E-state index >= 15 is 0 Å². The fourth-order valence-electron chi connectivity index (χ4n) is 2.09. The molecule has 2 aromatic carbocycles. The molecule has 102 valence electrons. The molecule has 0 spiro atoms. The second-order valence-electron chi connectivity index (χ2n) is 4.41. The van der Waals surface area contributed by atoms with Gasteiger partial charge >= 0.3 is 5.69 Å². The maximum atomic E-state index is 11.3. The van der Waals surface area contributed by atoms with Crippen molar-refractivity contribution < 1.29 is 0 Å². The number of nitrogens with one attached hydrogen (secondary N) is 2. The molecule has 0 aliphatic rings.